The second kappa shape index (κ2) is 2.86. The Morgan fingerprint density at radius 2 is 1.86 bits per heavy atom. The SMILES string of the molecule is O=C1O[C@@H](C(O)(O)C(=O)O)C(O)=C1O. The Labute approximate surface area is 76.3 Å². The number of ether oxygens (including phenoxy) is 1. The zero-order valence-corrected chi connectivity index (χ0v) is 6.54. The first-order chi connectivity index (χ1) is 6.28. The molecule has 1 rings (SSSR count). The van der Waals surface area contributed by atoms with E-state index in [9.17, 15) is 9.59 Å². The highest BCUT2D eigenvalue weighted by atomic mass is 16.6. The van der Waals surface area contributed by atoms with Gasteiger partial charge in [-0.05, 0) is 0 Å². The third-order valence-corrected chi connectivity index (χ3v) is 1.59. The smallest absolute Gasteiger partial charge is 0.378 e. The standard InChI is InChI=1S/C6H6O8/c7-1-2(8)4(9)14-3(1)6(12,13)5(10)11/h3,7-8,12-13H,(H,10,11)/t3-/m1/s1. The van der Waals surface area contributed by atoms with Crippen molar-refractivity contribution in [2.75, 3.05) is 0 Å². The van der Waals surface area contributed by atoms with Gasteiger partial charge in [0.1, 0.15) is 0 Å². The Hall–Kier alpha value is -1.80. The van der Waals surface area contributed by atoms with E-state index in [4.69, 9.17) is 25.5 Å². The molecule has 0 bridgehead atoms. The second-order valence-electron chi connectivity index (χ2n) is 2.55. The molecule has 8 heteroatoms. The molecule has 0 aromatic heterocycles. The number of carbonyl (C=O) groups is 2. The van der Waals surface area contributed by atoms with E-state index in [0.29, 0.717) is 0 Å². The van der Waals surface area contributed by atoms with E-state index < -0.39 is 35.3 Å². The summed E-state index contributed by atoms with van der Waals surface area (Å²) in [4.78, 5) is 20.8. The predicted octanol–water partition coefficient (Wildman–Crippen LogP) is -2.00. The lowest BCUT2D eigenvalue weighted by Gasteiger charge is -2.21. The van der Waals surface area contributed by atoms with Crippen molar-refractivity contribution in [2.45, 2.75) is 11.9 Å². The summed E-state index contributed by atoms with van der Waals surface area (Å²) in [6, 6.07) is 0. The minimum Gasteiger partial charge on any atom is -0.505 e. The lowest BCUT2D eigenvalue weighted by atomic mass is 10.1. The molecule has 0 spiro atoms. The number of carboxylic acids is 1. The van der Waals surface area contributed by atoms with Gasteiger partial charge in [-0.2, -0.15) is 0 Å². The first kappa shape index (κ1) is 10.3. The molecule has 78 valence electrons. The van der Waals surface area contributed by atoms with Crippen molar-refractivity contribution in [3.8, 4) is 0 Å². The van der Waals surface area contributed by atoms with Crippen LogP contribution < -0.4 is 0 Å². The summed E-state index contributed by atoms with van der Waals surface area (Å²) in [5, 5.41) is 43.7. The molecule has 0 aliphatic carbocycles. The number of carboxylic acid groups (broad SMARTS) is 1. The Morgan fingerprint density at radius 3 is 2.14 bits per heavy atom. The van der Waals surface area contributed by atoms with Crippen LogP contribution in [0.3, 0.4) is 0 Å². The van der Waals surface area contributed by atoms with E-state index in [1.165, 1.54) is 0 Å². The number of aliphatic hydroxyl groups excluding tert-OH is 2. The first-order valence-corrected chi connectivity index (χ1v) is 3.29. The van der Waals surface area contributed by atoms with E-state index in [0.717, 1.165) is 0 Å². The molecule has 14 heavy (non-hydrogen) atoms. The average molecular weight is 206 g/mol. The summed E-state index contributed by atoms with van der Waals surface area (Å²) in [6.45, 7) is 0. The van der Waals surface area contributed by atoms with Crippen molar-refractivity contribution < 1.29 is 39.9 Å². The molecule has 1 atom stereocenters. The van der Waals surface area contributed by atoms with Crippen molar-refractivity contribution in [3.05, 3.63) is 11.5 Å². The molecule has 1 aliphatic rings. The molecule has 0 aromatic rings. The molecule has 0 radical (unpaired) electrons. The van der Waals surface area contributed by atoms with Gasteiger partial charge in [0.2, 0.25) is 11.9 Å². The van der Waals surface area contributed by atoms with E-state index in [1.807, 2.05) is 0 Å². The molecule has 0 unspecified atom stereocenters. The molecule has 5 N–H and O–H groups in total. The number of aliphatic hydroxyl groups is 4. The highest BCUT2D eigenvalue weighted by Gasteiger charge is 2.53. The summed E-state index contributed by atoms with van der Waals surface area (Å²) < 4.78 is 4.02. The van der Waals surface area contributed by atoms with Gasteiger partial charge in [-0.25, -0.2) is 9.59 Å². The van der Waals surface area contributed by atoms with E-state index >= 15 is 0 Å². The number of cyclic esters (lactones) is 1. The predicted molar refractivity (Wildman–Crippen MR) is 37.0 cm³/mol. The van der Waals surface area contributed by atoms with Crippen LogP contribution in [0.25, 0.3) is 0 Å². The largest absolute Gasteiger partial charge is 0.505 e. The topological polar surface area (TPSA) is 145 Å². The van der Waals surface area contributed by atoms with Crippen LogP contribution in [0.15, 0.2) is 11.5 Å². The fourth-order valence-electron chi connectivity index (χ4n) is 0.832. The minimum atomic E-state index is -3.48. The average Bonchev–Trinajstić information content (AvgIpc) is 2.33. The maximum Gasteiger partial charge on any atom is 0.378 e. The summed E-state index contributed by atoms with van der Waals surface area (Å²) in [6.07, 6.45) is -2.23. The first-order valence-electron chi connectivity index (χ1n) is 3.29. The van der Waals surface area contributed by atoms with Gasteiger partial charge in [0, 0.05) is 0 Å². The lowest BCUT2D eigenvalue weighted by molar-refractivity contribution is -0.235. The highest BCUT2D eigenvalue weighted by Crippen LogP contribution is 2.26. The van der Waals surface area contributed by atoms with Gasteiger partial charge in [0.05, 0.1) is 0 Å². The normalized spacial score (nSPS) is 22.4. The van der Waals surface area contributed by atoms with Crippen LogP contribution >= 0.6 is 0 Å². The van der Waals surface area contributed by atoms with Gasteiger partial charge in [-0.1, -0.05) is 0 Å². The Balaban J connectivity index is 3.05. The van der Waals surface area contributed by atoms with Crippen molar-refractivity contribution in [3.63, 3.8) is 0 Å². The van der Waals surface area contributed by atoms with Crippen LogP contribution in [-0.4, -0.2) is 49.4 Å². The molecule has 0 fully saturated rings. The quantitative estimate of drug-likeness (QED) is 0.258. The molecule has 1 heterocycles. The van der Waals surface area contributed by atoms with E-state index in [2.05, 4.69) is 4.74 Å². The van der Waals surface area contributed by atoms with Gasteiger partial charge < -0.3 is 30.3 Å². The third-order valence-electron chi connectivity index (χ3n) is 1.59. The number of carbonyl (C=O) groups excluding carboxylic acids is 1. The summed E-state index contributed by atoms with van der Waals surface area (Å²) >= 11 is 0. The molecule has 0 saturated carbocycles. The molecule has 0 amide bonds. The van der Waals surface area contributed by atoms with Gasteiger partial charge in [0.15, 0.2) is 5.76 Å². The van der Waals surface area contributed by atoms with Crippen LogP contribution in [-0.2, 0) is 14.3 Å². The lowest BCUT2D eigenvalue weighted by Crippen LogP contribution is -2.50. The van der Waals surface area contributed by atoms with Crippen molar-refractivity contribution in [1.29, 1.82) is 0 Å². The Kier molecular flexibility index (Phi) is 2.10. The fourth-order valence-corrected chi connectivity index (χ4v) is 0.832. The molecule has 0 aromatic carbocycles. The van der Waals surface area contributed by atoms with Gasteiger partial charge >= 0.3 is 17.7 Å². The van der Waals surface area contributed by atoms with Crippen molar-refractivity contribution in [1.82, 2.24) is 0 Å². The maximum atomic E-state index is 10.6. The molecular formula is C6H6O8. The molecular weight excluding hydrogens is 200 g/mol. The summed E-state index contributed by atoms with van der Waals surface area (Å²) in [5.41, 5.74) is 0. The highest BCUT2D eigenvalue weighted by molar-refractivity contribution is 5.90. The number of aliphatic carboxylic acids is 1. The van der Waals surface area contributed by atoms with Crippen LogP contribution in [0.4, 0.5) is 0 Å². The van der Waals surface area contributed by atoms with Crippen molar-refractivity contribution >= 4 is 11.9 Å². The summed E-state index contributed by atoms with van der Waals surface area (Å²) in [5.74, 6) is -9.52. The summed E-state index contributed by atoms with van der Waals surface area (Å²) in [7, 11) is 0. The zero-order valence-electron chi connectivity index (χ0n) is 6.54. The van der Waals surface area contributed by atoms with Gasteiger partial charge in [-0.3, -0.25) is 0 Å². The van der Waals surface area contributed by atoms with Crippen LogP contribution in [0, 0.1) is 0 Å². The minimum absolute atomic E-state index is 1.23. The van der Waals surface area contributed by atoms with Crippen LogP contribution in [0.2, 0.25) is 0 Å². The number of esters is 1. The molecule has 1 aliphatic heterocycles. The molecule has 8 nitrogen and oxygen atoms in total. The Bertz CT molecular complexity index is 327. The maximum absolute atomic E-state index is 10.6. The Morgan fingerprint density at radius 1 is 1.36 bits per heavy atom. The van der Waals surface area contributed by atoms with Crippen molar-refractivity contribution in [2.24, 2.45) is 0 Å². The van der Waals surface area contributed by atoms with Gasteiger partial charge in [0.25, 0.3) is 0 Å². The van der Waals surface area contributed by atoms with Crippen LogP contribution in [0.5, 0.6) is 0 Å². The van der Waals surface area contributed by atoms with E-state index in [1.54, 1.807) is 0 Å². The number of hydrogen-bond donors (Lipinski definition) is 5. The number of rotatable bonds is 2. The van der Waals surface area contributed by atoms with Gasteiger partial charge in [-0.15, -0.1) is 0 Å². The zero-order chi connectivity index (χ0) is 11.1. The van der Waals surface area contributed by atoms with Crippen LogP contribution in [0.1, 0.15) is 0 Å². The van der Waals surface area contributed by atoms with E-state index in [-0.39, 0.29) is 0 Å². The molecule has 0 saturated heterocycles. The number of hydrogen-bond acceptors (Lipinski definition) is 7. The second-order valence-corrected chi connectivity index (χ2v) is 2.55. The fraction of sp³-hybridized carbons (Fsp3) is 0.333. The monoisotopic (exact) mass is 206 g/mol. The third kappa shape index (κ3) is 1.26.